The van der Waals surface area contributed by atoms with E-state index < -0.39 is 0 Å². The standard InChI is InChI=1S/C13H17NO2/c15-14-7-5-10-2-1-9-3-4-12-11(13(9)10)6-8-16-12/h3-4,10,14-15H,1-2,5-8H2/t10-/m0/s1. The van der Waals surface area contributed by atoms with Gasteiger partial charge in [-0.3, -0.25) is 0 Å². The summed E-state index contributed by atoms with van der Waals surface area (Å²) in [4.78, 5) is 0. The van der Waals surface area contributed by atoms with Crippen LogP contribution in [0.2, 0.25) is 0 Å². The summed E-state index contributed by atoms with van der Waals surface area (Å²) in [6, 6.07) is 4.33. The topological polar surface area (TPSA) is 41.5 Å². The molecule has 3 rings (SSSR count). The predicted octanol–water partition coefficient (Wildman–Crippen LogP) is 2.02. The Morgan fingerprint density at radius 3 is 3.19 bits per heavy atom. The van der Waals surface area contributed by atoms with Crippen LogP contribution >= 0.6 is 0 Å². The molecule has 3 heteroatoms. The lowest BCUT2D eigenvalue weighted by atomic mass is 9.92. The molecule has 0 bridgehead atoms. The maximum Gasteiger partial charge on any atom is 0.122 e. The number of aryl methyl sites for hydroxylation is 1. The van der Waals surface area contributed by atoms with E-state index in [0.717, 1.165) is 25.2 Å². The van der Waals surface area contributed by atoms with E-state index in [0.29, 0.717) is 12.5 Å². The normalized spacial score (nSPS) is 21.7. The highest BCUT2D eigenvalue weighted by atomic mass is 16.5. The Labute approximate surface area is 95.4 Å². The predicted molar refractivity (Wildman–Crippen MR) is 61.1 cm³/mol. The van der Waals surface area contributed by atoms with Crippen LogP contribution in [0.3, 0.4) is 0 Å². The Kier molecular flexibility index (Phi) is 2.58. The number of ether oxygens (including phenoxy) is 1. The fourth-order valence-corrected chi connectivity index (χ4v) is 3.08. The zero-order chi connectivity index (χ0) is 11.0. The van der Waals surface area contributed by atoms with Gasteiger partial charge >= 0.3 is 0 Å². The highest BCUT2D eigenvalue weighted by Crippen LogP contribution is 2.42. The van der Waals surface area contributed by atoms with Gasteiger partial charge in [-0.2, -0.15) is 0 Å². The lowest BCUT2D eigenvalue weighted by Crippen LogP contribution is -2.12. The van der Waals surface area contributed by atoms with E-state index in [-0.39, 0.29) is 0 Å². The molecular formula is C13H17NO2. The lowest BCUT2D eigenvalue weighted by Gasteiger charge is -2.14. The van der Waals surface area contributed by atoms with Crippen molar-refractivity contribution in [1.82, 2.24) is 5.48 Å². The van der Waals surface area contributed by atoms with Crippen LogP contribution in [0.15, 0.2) is 12.1 Å². The zero-order valence-electron chi connectivity index (χ0n) is 9.33. The molecule has 0 aromatic heterocycles. The van der Waals surface area contributed by atoms with Crippen LogP contribution in [0.4, 0.5) is 0 Å². The molecule has 0 spiro atoms. The van der Waals surface area contributed by atoms with Crippen molar-refractivity contribution in [2.75, 3.05) is 13.2 Å². The fraction of sp³-hybridized carbons (Fsp3) is 0.538. The number of hydrogen-bond acceptors (Lipinski definition) is 3. The summed E-state index contributed by atoms with van der Waals surface area (Å²) < 4.78 is 5.61. The summed E-state index contributed by atoms with van der Waals surface area (Å²) in [5.41, 5.74) is 6.70. The quantitative estimate of drug-likeness (QED) is 0.764. The van der Waals surface area contributed by atoms with Gasteiger partial charge in [0.1, 0.15) is 5.75 Å². The number of benzene rings is 1. The fourth-order valence-electron chi connectivity index (χ4n) is 3.08. The third kappa shape index (κ3) is 1.51. The van der Waals surface area contributed by atoms with Crippen molar-refractivity contribution in [3.63, 3.8) is 0 Å². The van der Waals surface area contributed by atoms with Crippen molar-refractivity contribution in [2.45, 2.75) is 31.6 Å². The Morgan fingerprint density at radius 1 is 1.38 bits per heavy atom. The van der Waals surface area contributed by atoms with Gasteiger partial charge in [0.15, 0.2) is 0 Å². The average Bonchev–Trinajstić information content (AvgIpc) is 2.91. The summed E-state index contributed by atoms with van der Waals surface area (Å²) in [7, 11) is 0. The Balaban J connectivity index is 1.94. The summed E-state index contributed by atoms with van der Waals surface area (Å²) in [5.74, 6) is 1.69. The maximum absolute atomic E-state index is 8.69. The molecular weight excluding hydrogens is 202 g/mol. The van der Waals surface area contributed by atoms with Gasteiger partial charge in [-0.25, -0.2) is 5.48 Å². The van der Waals surface area contributed by atoms with E-state index >= 15 is 0 Å². The molecule has 1 aliphatic carbocycles. The van der Waals surface area contributed by atoms with Crippen molar-refractivity contribution >= 4 is 0 Å². The van der Waals surface area contributed by atoms with E-state index in [1.54, 1.807) is 0 Å². The molecule has 1 aromatic carbocycles. The first kappa shape index (κ1) is 10.1. The number of hydrogen-bond donors (Lipinski definition) is 2. The summed E-state index contributed by atoms with van der Waals surface area (Å²) >= 11 is 0. The first-order valence-corrected chi connectivity index (χ1v) is 6.04. The highest BCUT2D eigenvalue weighted by Gasteiger charge is 2.28. The first-order chi connectivity index (χ1) is 7.90. The summed E-state index contributed by atoms with van der Waals surface area (Å²) in [6.07, 6.45) is 4.47. The number of rotatable bonds is 3. The van der Waals surface area contributed by atoms with E-state index in [9.17, 15) is 0 Å². The highest BCUT2D eigenvalue weighted by molar-refractivity contribution is 5.51. The van der Waals surface area contributed by atoms with Crippen molar-refractivity contribution < 1.29 is 9.94 Å². The smallest absolute Gasteiger partial charge is 0.122 e. The van der Waals surface area contributed by atoms with Crippen LogP contribution in [-0.4, -0.2) is 18.4 Å². The molecule has 1 aliphatic heterocycles. The van der Waals surface area contributed by atoms with Gasteiger partial charge in [0.05, 0.1) is 6.61 Å². The van der Waals surface area contributed by atoms with Gasteiger partial charge in [0, 0.05) is 18.5 Å². The van der Waals surface area contributed by atoms with Gasteiger partial charge in [0.25, 0.3) is 0 Å². The third-order valence-electron chi connectivity index (χ3n) is 3.79. The molecule has 0 saturated carbocycles. The average molecular weight is 219 g/mol. The minimum atomic E-state index is 0.603. The van der Waals surface area contributed by atoms with Crippen LogP contribution in [0.25, 0.3) is 0 Å². The first-order valence-electron chi connectivity index (χ1n) is 6.04. The second kappa shape index (κ2) is 4.07. The van der Waals surface area contributed by atoms with Crippen molar-refractivity contribution in [3.05, 3.63) is 28.8 Å². The van der Waals surface area contributed by atoms with Crippen LogP contribution in [0.5, 0.6) is 5.75 Å². The van der Waals surface area contributed by atoms with E-state index in [1.807, 2.05) is 0 Å². The lowest BCUT2D eigenvalue weighted by molar-refractivity contribution is 0.163. The van der Waals surface area contributed by atoms with Crippen molar-refractivity contribution in [2.24, 2.45) is 0 Å². The molecule has 1 heterocycles. The maximum atomic E-state index is 8.69. The molecule has 0 saturated heterocycles. The number of nitrogens with one attached hydrogen (secondary N) is 1. The van der Waals surface area contributed by atoms with Crippen LogP contribution in [0, 0.1) is 0 Å². The van der Waals surface area contributed by atoms with Crippen LogP contribution in [-0.2, 0) is 12.8 Å². The van der Waals surface area contributed by atoms with Crippen molar-refractivity contribution in [3.8, 4) is 5.75 Å². The summed E-state index contributed by atoms with van der Waals surface area (Å²) in [5, 5.41) is 8.69. The molecule has 0 fully saturated rings. The van der Waals surface area contributed by atoms with Gasteiger partial charge in [-0.05, 0) is 42.4 Å². The molecule has 2 N–H and O–H groups in total. The minimum Gasteiger partial charge on any atom is -0.493 e. The Hall–Kier alpha value is -1.06. The molecule has 0 unspecified atom stereocenters. The molecule has 0 radical (unpaired) electrons. The molecule has 86 valence electrons. The molecule has 16 heavy (non-hydrogen) atoms. The van der Waals surface area contributed by atoms with Gasteiger partial charge < -0.3 is 9.94 Å². The second-order valence-electron chi connectivity index (χ2n) is 4.65. The summed E-state index contributed by atoms with van der Waals surface area (Å²) in [6.45, 7) is 1.51. The molecule has 0 amide bonds. The largest absolute Gasteiger partial charge is 0.493 e. The van der Waals surface area contributed by atoms with E-state index in [4.69, 9.17) is 9.94 Å². The third-order valence-corrected chi connectivity index (χ3v) is 3.79. The SMILES string of the molecule is ONCC[C@@H]1CCc2ccc3c(c21)CCO3. The molecule has 1 aromatic rings. The van der Waals surface area contributed by atoms with E-state index in [2.05, 4.69) is 17.6 Å². The molecule has 2 aliphatic rings. The number of fused-ring (bicyclic) bond motifs is 3. The number of hydroxylamine groups is 1. The minimum absolute atomic E-state index is 0.603. The van der Waals surface area contributed by atoms with Gasteiger partial charge in [-0.1, -0.05) is 6.07 Å². The second-order valence-corrected chi connectivity index (χ2v) is 4.65. The van der Waals surface area contributed by atoms with Gasteiger partial charge in [-0.15, -0.1) is 0 Å². The molecule has 1 atom stereocenters. The monoisotopic (exact) mass is 219 g/mol. The Bertz CT molecular complexity index is 403. The van der Waals surface area contributed by atoms with Crippen molar-refractivity contribution in [1.29, 1.82) is 0 Å². The van der Waals surface area contributed by atoms with E-state index in [1.165, 1.54) is 29.5 Å². The molecule has 3 nitrogen and oxygen atoms in total. The van der Waals surface area contributed by atoms with Crippen LogP contribution in [0.1, 0.15) is 35.4 Å². The van der Waals surface area contributed by atoms with Gasteiger partial charge in [0.2, 0.25) is 0 Å². The van der Waals surface area contributed by atoms with Crippen LogP contribution < -0.4 is 10.2 Å². The zero-order valence-corrected chi connectivity index (χ0v) is 9.33. The Morgan fingerprint density at radius 2 is 2.31 bits per heavy atom.